The number of amides is 1. The predicted octanol–water partition coefficient (Wildman–Crippen LogP) is -0.872. The fourth-order valence-corrected chi connectivity index (χ4v) is 0.950. The van der Waals surface area contributed by atoms with Crippen LogP contribution in [0.5, 0.6) is 0 Å². The summed E-state index contributed by atoms with van der Waals surface area (Å²) >= 11 is 0. The molecule has 0 bridgehead atoms. The fraction of sp³-hybridized carbons (Fsp3) is 0.429. The number of aryl methyl sites for hydroxylation is 1. The van der Waals surface area contributed by atoms with Gasteiger partial charge in [-0.15, -0.1) is 4.68 Å². The van der Waals surface area contributed by atoms with Gasteiger partial charge in [0.2, 0.25) is 12.1 Å². The van der Waals surface area contributed by atoms with Crippen LogP contribution in [0.2, 0.25) is 0 Å². The van der Waals surface area contributed by atoms with Crippen LogP contribution in [0, 0.1) is 0 Å². The lowest BCUT2D eigenvalue weighted by Crippen LogP contribution is -2.35. The maximum Gasteiger partial charge on any atom is 0.209 e. The van der Waals surface area contributed by atoms with Gasteiger partial charge in [-0.1, -0.05) is 0 Å². The molecule has 4 nitrogen and oxygen atoms in total. The largest absolute Gasteiger partial charge is 0.358 e. The van der Waals surface area contributed by atoms with Crippen LogP contribution in [0.1, 0.15) is 5.69 Å². The third kappa shape index (κ3) is 2.07. The Morgan fingerprint density at radius 1 is 1.82 bits per heavy atom. The highest BCUT2D eigenvalue weighted by Crippen LogP contribution is 1.87. The van der Waals surface area contributed by atoms with Crippen molar-refractivity contribution in [3.05, 3.63) is 18.0 Å². The molecule has 1 rings (SSSR count). The molecule has 2 N–H and O–H groups in total. The van der Waals surface area contributed by atoms with Gasteiger partial charge in [0.05, 0.1) is 12.6 Å². The number of nitrogens with zero attached hydrogens (tertiary/aromatic N) is 1. The van der Waals surface area contributed by atoms with Crippen LogP contribution >= 0.6 is 0 Å². The molecule has 0 radical (unpaired) electrons. The van der Waals surface area contributed by atoms with Crippen molar-refractivity contribution in [3.8, 4) is 0 Å². The summed E-state index contributed by atoms with van der Waals surface area (Å²) in [5.74, 6) is 0. The minimum Gasteiger partial charge on any atom is -0.358 e. The van der Waals surface area contributed by atoms with Gasteiger partial charge >= 0.3 is 0 Å². The van der Waals surface area contributed by atoms with Gasteiger partial charge in [-0.2, -0.15) is 5.10 Å². The normalized spacial score (nSPS) is 9.55. The average Bonchev–Trinajstić information content (AvgIpc) is 2.37. The Balaban J connectivity index is 2.38. The van der Waals surface area contributed by atoms with E-state index in [0.29, 0.717) is 13.0 Å². The third-order valence-electron chi connectivity index (χ3n) is 1.58. The third-order valence-corrected chi connectivity index (χ3v) is 1.58. The molecule has 1 aromatic rings. The summed E-state index contributed by atoms with van der Waals surface area (Å²) in [6.45, 7) is 0.690. The van der Waals surface area contributed by atoms with Crippen LogP contribution in [-0.2, 0) is 18.3 Å². The van der Waals surface area contributed by atoms with Gasteiger partial charge in [0.1, 0.15) is 0 Å². The second-order valence-electron chi connectivity index (χ2n) is 2.33. The van der Waals surface area contributed by atoms with E-state index in [4.69, 9.17) is 0 Å². The van der Waals surface area contributed by atoms with Crippen LogP contribution in [-0.4, -0.2) is 18.1 Å². The molecule has 0 aliphatic heterocycles. The highest BCUT2D eigenvalue weighted by Gasteiger charge is 2.04. The van der Waals surface area contributed by atoms with Crippen LogP contribution in [0.25, 0.3) is 0 Å². The molecule has 0 spiro atoms. The van der Waals surface area contributed by atoms with Crippen molar-refractivity contribution in [2.75, 3.05) is 6.54 Å². The molecular formula is C7H12N3O+. The summed E-state index contributed by atoms with van der Waals surface area (Å²) < 4.78 is 1.92. The zero-order chi connectivity index (χ0) is 8.10. The lowest BCUT2D eigenvalue weighted by atomic mass is 10.3. The highest BCUT2D eigenvalue weighted by molar-refractivity contribution is 5.45. The first-order valence-corrected chi connectivity index (χ1v) is 3.54. The van der Waals surface area contributed by atoms with Gasteiger partial charge in [-0.05, 0) is 0 Å². The zero-order valence-corrected chi connectivity index (χ0v) is 6.50. The first kappa shape index (κ1) is 7.78. The maximum absolute atomic E-state index is 9.89. The molecule has 0 saturated heterocycles. The van der Waals surface area contributed by atoms with Crippen molar-refractivity contribution in [1.82, 2.24) is 10.4 Å². The quantitative estimate of drug-likeness (QED) is 0.330. The molecule has 60 valence electrons. The Hall–Kier alpha value is -1.32. The monoisotopic (exact) mass is 154 g/mol. The lowest BCUT2D eigenvalue weighted by molar-refractivity contribution is -0.733. The minimum atomic E-state index is 0.690. The Morgan fingerprint density at radius 2 is 2.64 bits per heavy atom. The van der Waals surface area contributed by atoms with Gasteiger partial charge < -0.3 is 5.32 Å². The van der Waals surface area contributed by atoms with E-state index in [1.165, 1.54) is 5.69 Å². The number of carbonyl (C=O) groups is 1. The van der Waals surface area contributed by atoms with Gasteiger partial charge in [0.25, 0.3) is 0 Å². The topological polar surface area (TPSA) is 48.8 Å². The average molecular weight is 154 g/mol. The molecule has 1 aromatic heterocycles. The van der Waals surface area contributed by atoms with E-state index in [0.717, 1.165) is 6.42 Å². The number of nitrogens with one attached hydrogen (secondary N) is 2. The SMILES string of the molecule is C[n+]1[nH]ccc1CCNC=O. The fourth-order valence-electron chi connectivity index (χ4n) is 0.950. The second-order valence-corrected chi connectivity index (χ2v) is 2.33. The number of H-pyrrole nitrogens is 1. The van der Waals surface area contributed by atoms with E-state index < -0.39 is 0 Å². The summed E-state index contributed by atoms with van der Waals surface area (Å²) in [4.78, 5) is 9.89. The van der Waals surface area contributed by atoms with Gasteiger partial charge in [0, 0.05) is 12.6 Å². The van der Waals surface area contributed by atoms with Crippen molar-refractivity contribution in [3.63, 3.8) is 0 Å². The molecule has 0 fully saturated rings. The molecule has 0 aliphatic carbocycles. The Kier molecular flexibility index (Phi) is 2.66. The van der Waals surface area contributed by atoms with E-state index >= 15 is 0 Å². The number of aromatic nitrogens is 2. The number of rotatable bonds is 4. The Bertz CT molecular complexity index is 231. The summed E-state index contributed by atoms with van der Waals surface area (Å²) in [6.07, 6.45) is 3.45. The Morgan fingerprint density at radius 3 is 3.18 bits per heavy atom. The van der Waals surface area contributed by atoms with Crippen molar-refractivity contribution < 1.29 is 9.48 Å². The minimum absolute atomic E-state index is 0.690. The van der Waals surface area contributed by atoms with Crippen molar-refractivity contribution in [1.29, 1.82) is 0 Å². The molecule has 0 aromatic carbocycles. The van der Waals surface area contributed by atoms with Crippen LogP contribution < -0.4 is 10.00 Å². The summed E-state index contributed by atoms with van der Waals surface area (Å²) in [6, 6.07) is 1.99. The van der Waals surface area contributed by atoms with Gasteiger partial charge in [-0.25, -0.2) is 0 Å². The van der Waals surface area contributed by atoms with E-state index in [1.807, 2.05) is 24.0 Å². The summed E-state index contributed by atoms with van der Waals surface area (Å²) in [5, 5.41) is 5.60. The number of hydrogen-bond donors (Lipinski definition) is 2. The number of aromatic amines is 1. The predicted molar refractivity (Wildman–Crippen MR) is 39.7 cm³/mol. The zero-order valence-electron chi connectivity index (χ0n) is 6.50. The lowest BCUT2D eigenvalue weighted by Gasteiger charge is -1.92. The molecule has 1 heterocycles. The van der Waals surface area contributed by atoms with Crippen LogP contribution in [0.3, 0.4) is 0 Å². The Labute approximate surface area is 65.2 Å². The van der Waals surface area contributed by atoms with Gasteiger partial charge in [0.15, 0.2) is 7.05 Å². The standard InChI is InChI=1S/C7H11N3O/c1-10-7(3-5-9-10)2-4-8-6-11/h3,5-6H,2,4H2,1H3,(H,8,11)/p+1. The van der Waals surface area contributed by atoms with E-state index in [2.05, 4.69) is 10.4 Å². The van der Waals surface area contributed by atoms with E-state index in [9.17, 15) is 4.79 Å². The molecule has 0 aliphatic rings. The van der Waals surface area contributed by atoms with E-state index in [-0.39, 0.29) is 0 Å². The summed E-state index contributed by atoms with van der Waals surface area (Å²) in [5.41, 5.74) is 1.18. The van der Waals surface area contributed by atoms with Crippen molar-refractivity contribution in [2.45, 2.75) is 6.42 Å². The van der Waals surface area contributed by atoms with Crippen molar-refractivity contribution in [2.24, 2.45) is 7.05 Å². The smallest absolute Gasteiger partial charge is 0.209 e. The molecule has 0 saturated carbocycles. The first-order valence-electron chi connectivity index (χ1n) is 3.54. The van der Waals surface area contributed by atoms with E-state index in [1.54, 1.807) is 0 Å². The molecule has 0 unspecified atom stereocenters. The van der Waals surface area contributed by atoms with Crippen LogP contribution in [0.4, 0.5) is 0 Å². The van der Waals surface area contributed by atoms with Crippen LogP contribution in [0.15, 0.2) is 12.3 Å². The molecule has 4 heteroatoms. The molecule has 0 atom stereocenters. The van der Waals surface area contributed by atoms with Crippen molar-refractivity contribution >= 4 is 6.41 Å². The second kappa shape index (κ2) is 3.75. The number of hydrogen-bond acceptors (Lipinski definition) is 1. The van der Waals surface area contributed by atoms with Gasteiger partial charge in [-0.3, -0.25) is 4.79 Å². The molecule has 11 heavy (non-hydrogen) atoms. The molecular weight excluding hydrogens is 142 g/mol. The number of carbonyl (C=O) groups excluding carboxylic acids is 1. The molecule has 1 amide bonds. The maximum atomic E-state index is 9.89. The summed E-state index contributed by atoms with van der Waals surface area (Å²) in [7, 11) is 1.94. The first-order chi connectivity index (χ1) is 5.34. The highest BCUT2D eigenvalue weighted by atomic mass is 16.1.